The average Bonchev–Trinajstić information content (AvgIpc) is 3.11. The number of carbonyl (C=O) groups is 1. The average molecular weight is 257 g/mol. The van der Waals surface area contributed by atoms with E-state index in [4.69, 9.17) is 0 Å². The molecule has 0 radical (unpaired) electrons. The van der Waals surface area contributed by atoms with Crippen LogP contribution in [0.1, 0.15) is 18.4 Å². The van der Waals surface area contributed by atoms with Crippen LogP contribution in [0.25, 0.3) is 0 Å². The minimum absolute atomic E-state index is 0.184. The molecule has 98 valence electrons. The van der Waals surface area contributed by atoms with Gasteiger partial charge < -0.3 is 5.32 Å². The first-order valence-electron chi connectivity index (χ1n) is 6.29. The Balaban J connectivity index is 1.58. The number of carbonyl (C=O) groups excluding carboxylic acids is 1. The SMILES string of the molecule is O=C(Nc1ccn(Cc2ccncc2)n1)NC1CC1. The third-order valence-electron chi connectivity index (χ3n) is 2.89. The molecule has 2 aromatic rings. The zero-order chi connectivity index (χ0) is 13.1. The topological polar surface area (TPSA) is 71.8 Å². The highest BCUT2D eigenvalue weighted by molar-refractivity contribution is 5.88. The smallest absolute Gasteiger partial charge is 0.320 e. The second-order valence-electron chi connectivity index (χ2n) is 4.63. The van der Waals surface area contributed by atoms with Crippen molar-refractivity contribution in [3.8, 4) is 0 Å². The maximum absolute atomic E-state index is 11.6. The van der Waals surface area contributed by atoms with Crippen LogP contribution in [0.15, 0.2) is 36.8 Å². The Labute approximate surface area is 110 Å². The summed E-state index contributed by atoms with van der Waals surface area (Å²) in [4.78, 5) is 15.5. The predicted octanol–water partition coefficient (Wildman–Crippen LogP) is 1.61. The first kappa shape index (κ1) is 11.7. The highest BCUT2D eigenvalue weighted by atomic mass is 16.2. The Morgan fingerprint density at radius 2 is 2.11 bits per heavy atom. The molecule has 6 nitrogen and oxygen atoms in total. The van der Waals surface area contributed by atoms with Gasteiger partial charge in [-0.05, 0) is 30.5 Å². The van der Waals surface area contributed by atoms with Crippen LogP contribution in [0.3, 0.4) is 0 Å². The minimum Gasteiger partial charge on any atom is -0.335 e. The number of rotatable bonds is 4. The predicted molar refractivity (Wildman–Crippen MR) is 70.7 cm³/mol. The third kappa shape index (κ3) is 3.31. The molecule has 0 saturated heterocycles. The number of pyridine rings is 1. The largest absolute Gasteiger partial charge is 0.335 e. The number of aromatic nitrogens is 3. The van der Waals surface area contributed by atoms with Gasteiger partial charge in [-0.2, -0.15) is 5.10 Å². The van der Waals surface area contributed by atoms with Crippen molar-refractivity contribution in [2.45, 2.75) is 25.4 Å². The van der Waals surface area contributed by atoms with Crippen molar-refractivity contribution in [2.24, 2.45) is 0 Å². The first-order valence-corrected chi connectivity index (χ1v) is 6.29. The van der Waals surface area contributed by atoms with E-state index in [2.05, 4.69) is 20.7 Å². The van der Waals surface area contributed by atoms with Crippen molar-refractivity contribution in [1.29, 1.82) is 0 Å². The Kier molecular flexibility index (Phi) is 3.14. The summed E-state index contributed by atoms with van der Waals surface area (Å²) in [5, 5.41) is 9.88. The van der Waals surface area contributed by atoms with Crippen LogP contribution in [0.2, 0.25) is 0 Å². The molecular weight excluding hydrogens is 242 g/mol. The fourth-order valence-electron chi connectivity index (χ4n) is 1.76. The molecule has 2 N–H and O–H groups in total. The van der Waals surface area contributed by atoms with Gasteiger partial charge >= 0.3 is 6.03 Å². The number of hydrogen-bond donors (Lipinski definition) is 2. The summed E-state index contributed by atoms with van der Waals surface area (Å²) in [5.41, 5.74) is 1.12. The molecule has 0 unspecified atom stereocenters. The van der Waals surface area contributed by atoms with Gasteiger partial charge in [-0.1, -0.05) is 0 Å². The quantitative estimate of drug-likeness (QED) is 0.874. The molecule has 6 heteroatoms. The maximum atomic E-state index is 11.6. The van der Waals surface area contributed by atoms with E-state index < -0.39 is 0 Å². The Morgan fingerprint density at radius 3 is 2.84 bits per heavy atom. The summed E-state index contributed by atoms with van der Waals surface area (Å²) >= 11 is 0. The van der Waals surface area contributed by atoms with E-state index in [0.717, 1.165) is 18.4 Å². The maximum Gasteiger partial charge on any atom is 0.320 e. The van der Waals surface area contributed by atoms with Crippen LogP contribution < -0.4 is 10.6 Å². The molecule has 2 heterocycles. The van der Waals surface area contributed by atoms with Gasteiger partial charge in [-0.3, -0.25) is 15.0 Å². The zero-order valence-electron chi connectivity index (χ0n) is 10.4. The molecule has 0 aromatic carbocycles. The normalized spacial score (nSPS) is 14.1. The van der Waals surface area contributed by atoms with E-state index in [9.17, 15) is 4.79 Å². The molecule has 1 aliphatic rings. The number of urea groups is 1. The Bertz CT molecular complexity index is 561. The van der Waals surface area contributed by atoms with Crippen LogP contribution in [-0.4, -0.2) is 26.8 Å². The third-order valence-corrected chi connectivity index (χ3v) is 2.89. The molecule has 2 amide bonds. The molecule has 19 heavy (non-hydrogen) atoms. The molecule has 3 rings (SSSR count). The molecular formula is C13H15N5O. The Hall–Kier alpha value is -2.37. The van der Waals surface area contributed by atoms with E-state index in [1.807, 2.05) is 18.3 Å². The summed E-state index contributed by atoms with van der Waals surface area (Å²) < 4.78 is 1.78. The fourth-order valence-corrected chi connectivity index (χ4v) is 1.76. The molecule has 1 fully saturated rings. The molecule has 1 saturated carbocycles. The van der Waals surface area contributed by atoms with Gasteiger partial charge in [0.1, 0.15) is 0 Å². The molecule has 1 aliphatic carbocycles. The highest BCUT2D eigenvalue weighted by Gasteiger charge is 2.23. The van der Waals surface area contributed by atoms with Gasteiger partial charge in [0.2, 0.25) is 0 Å². The van der Waals surface area contributed by atoms with Crippen LogP contribution in [0.5, 0.6) is 0 Å². The van der Waals surface area contributed by atoms with Gasteiger partial charge in [0.15, 0.2) is 5.82 Å². The van der Waals surface area contributed by atoms with Gasteiger partial charge in [0, 0.05) is 30.7 Å². The summed E-state index contributed by atoms with van der Waals surface area (Å²) in [5.74, 6) is 0.562. The van der Waals surface area contributed by atoms with Crippen molar-refractivity contribution in [1.82, 2.24) is 20.1 Å². The molecule has 0 aliphatic heterocycles. The van der Waals surface area contributed by atoms with Gasteiger partial charge in [-0.15, -0.1) is 0 Å². The van der Waals surface area contributed by atoms with Crippen LogP contribution in [0.4, 0.5) is 10.6 Å². The van der Waals surface area contributed by atoms with E-state index >= 15 is 0 Å². The first-order chi connectivity index (χ1) is 9.29. The number of hydrogen-bond acceptors (Lipinski definition) is 3. The van der Waals surface area contributed by atoms with Crippen molar-refractivity contribution in [2.75, 3.05) is 5.32 Å². The van der Waals surface area contributed by atoms with E-state index in [-0.39, 0.29) is 6.03 Å². The second kappa shape index (κ2) is 5.09. The van der Waals surface area contributed by atoms with Crippen LogP contribution >= 0.6 is 0 Å². The monoisotopic (exact) mass is 257 g/mol. The summed E-state index contributed by atoms with van der Waals surface area (Å²) in [6.07, 6.45) is 7.49. The lowest BCUT2D eigenvalue weighted by Crippen LogP contribution is -2.30. The van der Waals surface area contributed by atoms with E-state index in [1.54, 1.807) is 23.1 Å². The molecule has 0 bridgehead atoms. The van der Waals surface area contributed by atoms with Crippen molar-refractivity contribution in [3.05, 3.63) is 42.4 Å². The lowest BCUT2D eigenvalue weighted by molar-refractivity contribution is 0.251. The van der Waals surface area contributed by atoms with E-state index in [0.29, 0.717) is 18.4 Å². The highest BCUT2D eigenvalue weighted by Crippen LogP contribution is 2.18. The second-order valence-corrected chi connectivity index (χ2v) is 4.63. The minimum atomic E-state index is -0.184. The van der Waals surface area contributed by atoms with Gasteiger partial charge in [-0.25, -0.2) is 4.79 Å². The summed E-state index contributed by atoms with van der Waals surface area (Å²) in [7, 11) is 0. The van der Waals surface area contributed by atoms with Crippen molar-refractivity contribution >= 4 is 11.8 Å². The number of nitrogens with zero attached hydrogens (tertiary/aromatic N) is 3. The summed E-state index contributed by atoms with van der Waals surface area (Å²) in [6.45, 7) is 0.661. The van der Waals surface area contributed by atoms with E-state index in [1.165, 1.54) is 0 Å². The lowest BCUT2D eigenvalue weighted by Gasteiger charge is -2.03. The Morgan fingerprint density at radius 1 is 1.32 bits per heavy atom. The molecule has 0 spiro atoms. The lowest BCUT2D eigenvalue weighted by atomic mass is 10.3. The number of anilines is 1. The van der Waals surface area contributed by atoms with Crippen LogP contribution in [0, 0.1) is 0 Å². The summed E-state index contributed by atoms with van der Waals surface area (Å²) in [6, 6.07) is 5.83. The van der Waals surface area contributed by atoms with Gasteiger partial charge in [0.05, 0.1) is 6.54 Å². The standard InChI is InChI=1S/C13H15N5O/c19-13(15-11-1-2-11)16-12-5-8-18(17-12)9-10-3-6-14-7-4-10/h3-8,11H,1-2,9H2,(H2,15,16,17,19). The zero-order valence-corrected chi connectivity index (χ0v) is 10.4. The molecule has 2 aromatic heterocycles. The fraction of sp³-hybridized carbons (Fsp3) is 0.308. The number of amides is 2. The molecule has 0 atom stereocenters. The van der Waals surface area contributed by atoms with Gasteiger partial charge in [0.25, 0.3) is 0 Å². The van der Waals surface area contributed by atoms with Crippen molar-refractivity contribution in [3.63, 3.8) is 0 Å². The van der Waals surface area contributed by atoms with Crippen LogP contribution in [-0.2, 0) is 6.54 Å². The number of nitrogens with one attached hydrogen (secondary N) is 2. The van der Waals surface area contributed by atoms with Crippen molar-refractivity contribution < 1.29 is 4.79 Å².